The van der Waals surface area contributed by atoms with Gasteiger partial charge in [-0.3, -0.25) is 0 Å². The number of anilines is 3. The van der Waals surface area contributed by atoms with Crippen LogP contribution in [-0.2, 0) is 0 Å². The van der Waals surface area contributed by atoms with E-state index in [9.17, 15) is 0 Å². The minimum absolute atomic E-state index is 0.875. The first kappa shape index (κ1) is 27.9. The summed E-state index contributed by atoms with van der Waals surface area (Å²) in [4.78, 5) is 2.34. The Hall–Kier alpha value is -6.16. The fourth-order valence-electron chi connectivity index (χ4n) is 7.44. The Bertz CT molecular complexity index is 2780. The van der Waals surface area contributed by atoms with Gasteiger partial charge in [0.15, 0.2) is 0 Å². The Balaban J connectivity index is 1.26. The molecule has 0 N–H and O–H groups in total. The molecule has 230 valence electrons. The molecule has 0 atom stereocenters. The topological polar surface area (TPSA) is 16.4 Å². The average molecular weight is 644 g/mol. The van der Waals surface area contributed by atoms with Gasteiger partial charge in [-0.2, -0.15) is 0 Å². The van der Waals surface area contributed by atoms with Crippen molar-refractivity contribution < 1.29 is 4.42 Å². The van der Waals surface area contributed by atoms with Crippen molar-refractivity contribution in [1.29, 1.82) is 0 Å². The smallest absolute Gasteiger partial charge is 0.143 e. The predicted octanol–water partition coefficient (Wildman–Crippen LogP) is 13.9. The molecule has 0 aliphatic carbocycles. The number of fused-ring (bicyclic) bond motifs is 8. The summed E-state index contributed by atoms with van der Waals surface area (Å²) in [5.41, 5.74) is 10.0. The molecular formula is C46H29NOS. The zero-order valence-corrected chi connectivity index (χ0v) is 27.3. The molecule has 0 aliphatic heterocycles. The minimum Gasteiger partial charge on any atom is -0.455 e. The second kappa shape index (κ2) is 11.2. The fourth-order valence-corrected chi connectivity index (χ4v) is 8.65. The molecule has 2 heterocycles. The molecule has 0 radical (unpaired) electrons. The Morgan fingerprint density at radius 2 is 1.08 bits per heavy atom. The van der Waals surface area contributed by atoms with Crippen LogP contribution in [0.5, 0.6) is 0 Å². The summed E-state index contributed by atoms with van der Waals surface area (Å²) >= 11 is 1.88. The Morgan fingerprint density at radius 1 is 0.429 bits per heavy atom. The second-order valence-corrected chi connectivity index (χ2v) is 13.5. The number of hydrogen-bond donors (Lipinski definition) is 0. The maximum Gasteiger partial charge on any atom is 0.143 e. The zero-order valence-electron chi connectivity index (χ0n) is 26.5. The predicted molar refractivity (Wildman–Crippen MR) is 210 cm³/mol. The third kappa shape index (κ3) is 4.47. The van der Waals surface area contributed by atoms with Crippen LogP contribution < -0.4 is 4.90 Å². The number of benzene rings is 8. The average Bonchev–Trinajstić information content (AvgIpc) is 3.75. The number of nitrogens with zero attached hydrogens (tertiary/aromatic N) is 1. The van der Waals surface area contributed by atoms with Gasteiger partial charge in [0.25, 0.3) is 0 Å². The molecule has 8 aromatic carbocycles. The highest BCUT2D eigenvalue weighted by molar-refractivity contribution is 7.26. The maximum atomic E-state index is 6.79. The number of thiophene rings is 1. The van der Waals surface area contributed by atoms with Crippen LogP contribution >= 0.6 is 11.3 Å². The van der Waals surface area contributed by atoms with Crippen LogP contribution in [0.1, 0.15) is 0 Å². The van der Waals surface area contributed by atoms with Crippen molar-refractivity contribution in [2.45, 2.75) is 0 Å². The zero-order chi connectivity index (χ0) is 32.3. The van der Waals surface area contributed by atoms with Crippen molar-refractivity contribution in [3.05, 3.63) is 176 Å². The van der Waals surface area contributed by atoms with E-state index in [1.165, 1.54) is 47.8 Å². The van der Waals surface area contributed by atoms with E-state index in [0.29, 0.717) is 0 Å². The van der Waals surface area contributed by atoms with Crippen LogP contribution in [0.3, 0.4) is 0 Å². The third-order valence-corrected chi connectivity index (χ3v) is 10.9. The third-order valence-electron chi connectivity index (χ3n) is 9.64. The van der Waals surface area contributed by atoms with Crippen molar-refractivity contribution in [2.75, 3.05) is 4.90 Å². The number of furan rings is 1. The molecule has 10 rings (SSSR count). The van der Waals surface area contributed by atoms with Gasteiger partial charge >= 0.3 is 0 Å². The van der Waals surface area contributed by atoms with Gasteiger partial charge in [-0.05, 0) is 76.7 Å². The molecule has 49 heavy (non-hydrogen) atoms. The van der Waals surface area contributed by atoms with Gasteiger partial charge in [-0.15, -0.1) is 11.3 Å². The Kier molecular flexibility index (Phi) is 6.39. The van der Waals surface area contributed by atoms with E-state index in [2.05, 4.69) is 181 Å². The van der Waals surface area contributed by atoms with E-state index in [0.717, 1.165) is 44.4 Å². The quantitative estimate of drug-likeness (QED) is 0.186. The molecule has 0 fully saturated rings. The standard InChI is InChI=1S/C46H29NOS/c1-4-14-30(15-5-1)31-26-27-43-39(28-31)37-23-12-22-36(46(37)49-43)38-29-40-44-41(47(32-16-6-2-7-17-32)33-18-8-3-9-19-33)24-13-25-42(44)48-45(40)35-21-11-10-20-34(35)38/h1-29H. The van der Waals surface area contributed by atoms with E-state index < -0.39 is 0 Å². The molecule has 0 unspecified atom stereocenters. The SMILES string of the molecule is c1ccc(-c2ccc3sc4c(-c5cc6c(oc7cccc(N(c8ccccc8)c8ccccc8)c76)c6ccccc56)cccc4c3c2)cc1. The largest absolute Gasteiger partial charge is 0.455 e. The molecule has 10 aromatic rings. The van der Waals surface area contributed by atoms with E-state index in [4.69, 9.17) is 4.42 Å². The summed E-state index contributed by atoms with van der Waals surface area (Å²) in [6.07, 6.45) is 0. The van der Waals surface area contributed by atoms with Crippen LogP contribution in [0.2, 0.25) is 0 Å². The molecule has 0 aliphatic rings. The van der Waals surface area contributed by atoms with Crippen molar-refractivity contribution in [3.63, 3.8) is 0 Å². The highest BCUT2D eigenvalue weighted by Crippen LogP contribution is 2.48. The molecule has 2 nitrogen and oxygen atoms in total. The van der Waals surface area contributed by atoms with Gasteiger partial charge < -0.3 is 9.32 Å². The maximum absolute atomic E-state index is 6.79. The second-order valence-electron chi connectivity index (χ2n) is 12.5. The highest BCUT2D eigenvalue weighted by Gasteiger charge is 2.22. The van der Waals surface area contributed by atoms with Crippen molar-refractivity contribution in [1.82, 2.24) is 0 Å². The van der Waals surface area contributed by atoms with Gasteiger partial charge in [-0.25, -0.2) is 0 Å². The molecular weight excluding hydrogens is 615 g/mol. The summed E-state index contributed by atoms with van der Waals surface area (Å²) < 4.78 is 9.38. The van der Waals surface area contributed by atoms with Crippen LogP contribution in [-0.4, -0.2) is 0 Å². The summed E-state index contributed by atoms with van der Waals surface area (Å²) in [6.45, 7) is 0. The normalized spacial score (nSPS) is 11.7. The number of rotatable bonds is 5. The molecule has 0 saturated heterocycles. The van der Waals surface area contributed by atoms with Crippen molar-refractivity contribution in [3.8, 4) is 22.3 Å². The first-order valence-corrected chi connectivity index (χ1v) is 17.4. The first-order valence-electron chi connectivity index (χ1n) is 16.6. The molecule has 3 heteroatoms. The van der Waals surface area contributed by atoms with Crippen LogP contribution in [0.4, 0.5) is 17.1 Å². The molecule has 2 aromatic heterocycles. The Morgan fingerprint density at radius 3 is 1.84 bits per heavy atom. The van der Waals surface area contributed by atoms with E-state index in [-0.39, 0.29) is 0 Å². The summed E-state index contributed by atoms with van der Waals surface area (Å²) in [6, 6.07) is 63.0. The van der Waals surface area contributed by atoms with Crippen LogP contribution in [0, 0.1) is 0 Å². The lowest BCUT2D eigenvalue weighted by Gasteiger charge is -2.26. The van der Waals surface area contributed by atoms with E-state index in [1.54, 1.807) is 0 Å². The summed E-state index contributed by atoms with van der Waals surface area (Å²) in [5.74, 6) is 0. The van der Waals surface area contributed by atoms with Gasteiger partial charge in [-0.1, -0.05) is 121 Å². The summed E-state index contributed by atoms with van der Waals surface area (Å²) in [5, 5.41) is 7.11. The van der Waals surface area contributed by atoms with E-state index in [1.807, 2.05) is 11.3 Å². The molecule has 0 spiro atoms. The van der Waals surface area contributed by atoms with E-state index >= 15 is 0 Å². The highest BCUT2D eigenvalue weighted by atomic mass is 32.1. The fraction of sp³-hybridized carbons (Fsp3) is 0. The molecule has 0 bridgehead atoms. The lowest BCUT2D eigenvalue weighted by Crippen LogP contribution is -2.09. The van der Waals surface area contributed by atoms with Crippen molar-refractivity contribution >= 4 is 81.3 Å². The van der Waals surface area contributed by atoms with Crippen LogP contribution in [0.25, 0.3) is 75.1 Å². The summed E-state index contributed by atoms with van der Waals surface area (Å²) in [7, 11) is 0. The Labute approximate surface area is 287 Å². The lowest BCUT2D eigenvalue weighted by molar-refractivity contribution is 0.672. The van der Waals surface area contributed by atoms with Crippen molar-refractivity contribution in [2.24, 2.45) is 0 Å². The minimum atomic E-state index is 0.875. The monoisotopic (exact) mass is 643 g/mol. The van der Waals surface area contributed by atoms with Gasteiger partial charge in [0, 0.05) is 47.9 Å². The number of para-hydroxylation sites is 2. The number of hydrogen-bond acceptors (Lipinski definition) is 3. The van der Waals surface area contributed by atoms with Gasteiger partial charge in [0.05, 0.1) is 11.1 Å². The van der Waals surface area contributed by atoms with Gasteiger partial charge in [0.2, 0.25) is 0 Å². The first-order chi connectivity index (χ1) is 24.3. The lowest BCUT2D eigenvalue weighted by atomic mass is 9.94. The molecule has 0 saturated carbocycles. The van der Waals surface area contributed by atoms with Crippen LogP contribution in [0.15, 0.2) is 180 Å². The molecule has 0 amide bonds. The van der Waals surface area contributed by atoms with Gasteiger partial charge in [0.1, 0.15) is 11.2 Å².